The van der Waals surface area contributed by atoms with E-state index >= 15 is 0 Å². The zero-order chi connectivity index (χ0) is 8.27. The highest BCUT2D eigenvalue weighted by Gasteiger charge is 2.05. The molecule has 0 aromatic carbocycles. The van der Waals surface area contributed by atoms with Gasteiger partial charge < -0.3 is 4.90 Å². The quantitative estimate of drug-likeness (QED) is 0.525. The molecule has 1 rings (SSSR count). The summed E-state index contributed by atoms with van der Waals surface area (Å²) in [5.74, 6) is 0.251. The van der Waals surface area contributed by atoms with Crippen LogP contribution in [0.2, 0.25) is 0 Å². The highest BCUT2D eigenvalue weighted by molar-refractivity contribution is 5.94. The minimum absolute atomic E-state index is 0.251. The summed E-state index contributed by atoms with van der Waals surface area (Å²) in [6, 6.07) is 0. The molecule has 1 aliphatic heterocycles. The molecule has 2 heteroatoms. The van der Waals surface area contributed by atoms with Crippen molar-refractivity contribution in [3.63, 3.8) is 0 Å². The Bertz CT molecular complexity index is 216. The van der Waals surface area contributed by atoms with Gasteiger partial charge in [-0.25, -0.2) is 0 Å². The van der Waals surface area contributed by atoms with Gasteiger partial charge >= 0.3 is 0 Å². The summed E-state index contributed by atoms with van der Waals surface area (Å²) < 4.78 is 0. The fraction of sp³-hybridized carbons (Fsp3) is 0.444. The van der Waals surface area contributed by atoms with Gasteiger partial charge in [0.1, 0.15) is 0 Å². The van der Waals surface area contributed by atoms with Crippen molar-refractivity contribution in [2.75, 3.05) is 7.05 Å². The lowest BCUT2D eigenvalue weighted by molar-refractivity contribution is -0.115. The first-order chi connectivity index (χ1) is 5.20. The molecule has 0 aromatic heterocycles. The summed E-state index contributed by atoms with van der Waals surface area (Å²) in [4.78, 5) is 13.1. The molecule has 0 saturated carbocycles. The van der Waals surface area contributed by atoms with Gasteiger partial charge in [-0.2, -0.15) is 0 Å². The van der Waals surface area contributed by atoms with Crippen LogP contribution in [0.25, 0.3) is 0 Å². The molecule has 0 fully saturated rings. The maximum Gasteiger partial charge on any atom is 0.160 e. The number of nitrogens with zero attached hydrogens (tertiary/aromatic N) is 1. The summed E-state index contributed by atoms with van der Waals surface area (Å²) in [5, 5.41) is 0. The standard InChI is InChI=1S/C9H13NO/c1-8-7-10(2)6-4-3-5-9(8)11/h4,6-7H,3,5H2,1-2H3. The third-order valence-electron chi connectivity index (χ3n) is 1.72. The van der Waals surface area contributed by atoms with E-state index in [1.165, 1.54) is 0 Å². The van der Waals surface area contributed by atoms with Gasteiger partial charge in [0.25, 0.3) is 0 Å². The molecule has 0 aromatic rings. The minimum atomic E-state index is 0.251. The van der Waals surface area contributed by atoms with Crippen LogP contribution < -0.4 is 0 Å². The van der Waals surface area contributed by atoms with Crippen molar-refractivity contribution in [3.05, 3.63) is 24.0 Å². The van der Waals surface area contributed by atoms with Crippen molar-refractivity contribution < 1.29 is 4.79 Å². The van der Waals surface area contributed by atoms with E-state index in [2.05, 4.69) is 0 Å². The fourth-order valence-electron chi connectivity index (χ4n) is 1.07. The molecule has 60 valence electrons. The predicted molar refractivity (Wildman–Crippen MR) is 44.9 cm³/mol. The SMILES string of the molecule is CC1=CN(C)C=CCCC1=O. The fourth-order valence-corrected chi connectivity index (χ4v) is 1.07. The van der Waals surface area contributed by atoms with Crippen LogP contribution in [-0.2, 0) is 4.79 Å². The molecule has 1 heterocycles. The van der Waals surface area contributed by atoms with Crippen LogP contribution in [0.4, 0.5) is 0 Å². The number of hydrogen-bond acceptors (Lipinski definition) is 2. The molecule has 0 atom stereocenters. The molecule has 0 radical (unpaired) electrons. The van der Waals surface area contributed by atoms with E-state index in [0.29, 0.717) is 6.42 Å². The summed E-state index contributed by atoms with van der Waals surface area (Å²) in [5.41, 5.74) is 0.844. The summed E-state index contributed by atoms with van der Waals surface area (Å²) in [7, 11) is 1.93. The molecule has 0 spiro atoms. The second-order valence-electron chi connectivity index (χ2n) is 2.82. The lowest BCUT2D eigenvalue weighted by atomic mass is 10.1. The molecule has 1 aliphatic rings. The molecule has 2 nitrogen and oxygen atoms in total. The smallest absolute Gasteiger partial charge is 0.160 e. The van der Waals surface area contributed by atoms with Gasteiger partial charge in [0.15, 0.2) is 5.78 Å². The van der Waals surface area contributed by atoms with Crippen molar-refractivity contribution in [1.82, 2.24) is 4.90 Å². The van der Waals surface area contributed by atoms with Crippen molar-refractivity contribution in [3.8, 4) is 0 Å². The Morgan fingerprint density at radius 3 is 3.00 bits per heavy atom. The van der Waals surface area contributed by atoms with Gasteiger partial charge in [-0.15, -0.1) is 0 Å². The Balaban J connectivity index is 2.78. The monoisotopic (exact) mass is 151 g/mol. The Morgan fingerprint density at radius 1 is 1.55 bits per heavy atom. The van der Waals surface area contributed by atoms with Crippen molar-refractivity contribution in [2.45, 2.75) is 19.8 Å². The van der Waals surface area contributed by atoms with E-state index in [1.807, 2.05) is 37.3 Å². The number of ketones is 1. The second-order valence-corrected chi connectivity index (χ2v) is 2.82. The number of allylic oxidation sites excluding steroid dienone is 2. The number of carbonyl (C=O) groups excluding carboxylic acids is 1. The molecule has 11 heavy (non-hydrogen) atoms. The van der Waals surface area contributed by atoms with E-state index in [9.17, 15) is 4.79 Å². The minimum Gasteiger partial charge on any atom is -0.357 e. The Labute approximate surface area is 67.2 Å². The largest absolute Gasteiger partial charge is 0.357 e. The van der Waals surface area contributed by atoms with Gasteiger partial charge in [0.2, 0.25) is 0 Å². The predicted octanol–water partition coefficient (Wildman–Crippen LogP) is 1.70. The first-order valence-corrected chi connectivity index (χ1v) is 3.80. The molecular formula is C9H13NO. The lowest BCUT2D eigenvalue weighted by Gasteiger charge is -2.11. The van der Waals surface area contributed by atoms with E-state index in [4.69, 9.17) is 0 Å². The Hall–Kier alpha value is -1.05. The summed E-state index contributed by atoms with van der Waals surface area (Å²) in [6.07, 6.45) is 7.36. The van der Waals surface area contributed by atoms with Gasteiger partial charge in [-0.3, -0.25) is 4.79 Å². The highest BCUT2D eigenvalue weighted by Crippen LogP contribution is 2.07. The molecule has 0 saturated heterocycles. The van der Waals surface area contributed by atoms with Crippen LogP contribution in [0.3, 0.4) is 0 Å². The van der Waals surface area contributed by atoms with Gasteiger partial charge in [0.05, 0.1) is 0 Å². The van der Waals surface area contributed by atoms with Crippen LogP contribution >= 0.6 is 0 Å². The normalized spacial score (nSPS) is 19.3. The first-order valence-electron chi connectivity index (χ1n) is 3.80. The first kappa shape index (κ1) is 8.05. The third kappa shape index (κ3) is 2.22. The zero-order valence-electron chi connectivity index (χ0n) is 7.00. The van der Waals surface area contributed by atoms with Crippen molar-refractivity contribution in [2.24, 2.45) is 0 Å². The number of hydrogen-bond donors (Lipinski definition) is 0. The van der Waals surface area contributed by atoms with E-state index in [1.54, 1.807) is 0 Å². The van der Waals surface area contributed by atoms with Crippen LogP contribution in [-0.4, -0.2) is 17.7 Å². The summed E-state index contributed by atoms with van der Waals surface area (Å²) >= 11 is 0. The summed E-state index contributed by atoms with van der Waals surface area (Å²) in [6.45, 7) is 1.86. The van der Waals surface area contributed by atoms with Crippen molar-refractivity contribution in [1.29, 1.82) is 0 Å². The Morgan fingerprint density at radius 2 is 2.27 bits per heavy atom. The number of rotatable bonds is 0. The lowest BCUT2D eigenvalue weighted by Crippen LogP contribution is -2.08. The van der Waals surface area contributed by atoms with Crippen LogP contribution in [0, 0.1) is 0 Å². The molecule has 0 N–H and O–H groups in total. The van der Waals surface area contributed by atoms with Gasteiger partial charge in [-0.1, -0.05) is 6.08 Å². The van der Waals surface area contributed by atoms with Crippen molar-refractivity contribution >= 4 is 5.78 Å². The van der Waals surface area contributed by atoms with Crippen LogP contribution in [0.5, 0.6) is 0 Å². The number of carbonyl (C=O) groups is 1. The zero-order valence-corrected chi connectivity index (χ0v) is 7.00. The molecule has 0 unspecified atom stereocenters. The maximum absolute atomic E-state index is 11.2. The molecular weight excluding hydrogens is 138 g/mol. The van der Waals surface area contributed by atoms with E-state index < -0.39 is 0 Å². The average Bonchev–Trinajstić information content (AvgIpc) is 1.95. The van der Waals surface area contributed by atoms with Crippen LogP contribution in [0.15, 0.2) is 24.0 Å². The van der Waals surface area contributed by atoms with Crippen LogP contribution in [0.1, 0.15) is 19.8 Å². The molecule has 0 amide bonds. The third-order valence-corrected chi connectivity index (χ3v) is 1.72. The highest BCUT2D eigenvalue weighted by atomic mass is 16.1. The van der Waals surface area contributed by atoms with E-state index in [0.717, 1.165) is 12.0 Å². The Kier molecular flexibility index (Phi) is 2.47. The average molecular weight is 151 g/mol. The molecule has 0 bridgehead atoms. The second kappa shape index (κ2) is 3.37. The topological polar surface area (TPSA) is 20.3 Å². The van der Waals surface area contributed by atoms with E-state index in [-0.39, 0.29) is 5.78 Å². The molecule has 0 aliphatic carbocycles. The van der Waals surface area contributed by atoms with Gasteiger partial charge in [0, 0.05) is 25.2 Å². The maximum atomic E-state index is 11.2. The van der Waals surface area contributed by atoms with Gasteiger partial charge in [-0.05, 0) is 19.5 Å². The number of Topliss-reactive ketones (excluding diaryl/α,β-unsaturated/α-hetero) is 1.